The highest BCUT2D eigenvalue weighted by atomic mass is 79.9. The van der Waals surface area contributed by atoms with E-state index in [0.717, 1.165) is 27.1 Å². The van der Waals surface area contributed by atoms with E-state index in [-0.39, 0.29) is 0 Å². The molecule has 4 heteroatoms. The summed E-state index contributed by atoms with van der Waals surface area (Å²) in [5.74, 6) is 0. The van der Waals surface area contributed by atoms with Crippen molar-refractivity contribution in [2.24, 2.45) is 0 Å². The Morgan fingerprint density at radius 3 is 2.40 bits per heavy atom. The lowest BCUT2D eigenvalue weighted by Gasteiger charge is -2.12. The molecule has 0 amide bonds. The van der Waals surface area contributed by atoms with Gasteiger partial charge in [-0.15, -0.1) is 0 Å². The third-order valence-electron chi connectivity index (χ3n) is 3.50. The second kappa shape index (κ2) is 4.94. The summed E-state index contributed by atoms with van der Waals surface area (Å²) in [6.07, 6.45) is 2.08. The first-order valence-corrected chi connectivity index (χ1v) is 7.27. The lowest BCUT2D eigenvalue weighted by Crippen LogP contribution is -2.07. The van der Waals surface area contributed by atoms with Crippen LogP contribution >= 0.6 is 15.9 Å². The van der Waals surface area contributed by atoms with E-state index in [4.69, 9.17) is 0 Å². The van der Waals surface area contributed by atoms with E-state index in [9.17, 15) is 0 Å². The minimum absolute atomic E-state index is 0.970. The van der Waals surface area contributed by atoms with E-state index in [1.807, 2.05) is 26.2 Å². The molecular formula is C16H16BrN3. The zero-order valence-electron chi connectivity index (χ0n) is 11.8. The van der Waals surface area contributed by atoms with Gasteiger partial charge in [-0.1, -0.05) is 12.1 Å². The summed E-state index contributed by atoms with van der Waals surface area (Å²) in [4.78, 5) is 6.78. The number of benzene rings is 1. The molecule has 20 heavy (non-hydrogen) atoms. The largest absolute Gasteiger partial charge is 0.378 e. The number of fused-ring (bicyclic) bond motifs is 1. The first-order valence-electron chi connectivity index (χ1n) is 6.48. The van der Waals surface area contributed by atoms with Gasteiger partial charge in [-0.25, -0.2) is 4.98 Å². The second-order valence-electron chi connectivity index (χ2n) is 5.06. The van der Waals surface area contributed by atoms with Crippen molar-refractivity contribution in [2.75, 3.05) is 19.0 Å². The maximum atomic E-state index is 4.69. The number of anilines is 1. The van der Waals surface area contributed by atoms with Gasteiger partial charge in [0.25, 0.3) is 0 Å². The van der Waals surface area contributed by atoms with Gasteiger partial charge in [-0.3, -0.25) is 0 Å². The van der Waals surface area contributed by atoms with Crippen LogP contribution in [0.25, 0.3) is 16.9 Å². The van der Waals surface area contributed by atoms with Crippen LogP contribution in [0, 0.1) is 6.92 Å². The van der Waals surface area contributed by atoms with Gasteiger partial charge in [0.2, 0.25) is 0 Å². The Hall–Kier alpha value is -1.81. The molecule has 0 spiro atoms. The Balaban J connectivity index is 2.08. The second-order valence-corrected chi connectivity index (χ2v) is 5.92. The van der Waals surface area contributed by atoms with Crippen LogP contribution in [0.2, 0.25) is 0 Å². The maximum absolute atomic E-state index is 4.69. The highest BCUT2D eigenvalue weighted by molar-refractivity contribution is 9.10. The van der Waals surface area contributed by atoms with Gasteiger partial charge in [0.05, 0.1) is 5.69 Å². The standard InChI is InChI=1S/C16H16BrN3/c1-11-14(17)8-9-16-18-15(10-20(11)16)12-4-6-13(7-5-12)19(2)3/h4-10H,1-3H3. The fourth-order valence-electron chi connectivity index (χ4n) is 2.23. The van der Waals surface area contributed by atoms with Crippen molar-refractivity contribution in [3.63, 3.8) is 0 Å². The van der Waals surface area contributed by atoms with Crippen LogP contribution in [-0.2, 0) is 0 Å². The quantitative estimate of drug-likeness (QED) is 0.704. The molecule has 0 N–H and O–H groups in total. The number of hydrogen-bond acceptors (Lipinski definition) is 2. The van der Waals surface area contributed by atoms with Gasteiger partial charge >= 0.3 is 0 Å². The molecule has 0 aliphatic heterocycles. The van der Waals surface area contributed by atoms with Crippen molar-refractivity contribution in [2.45, 2.75) is 6.92 Å². The van der Waals surface area contributed by atoms with Crippen LogP contribution in [0.3, 0.4) is 0 Å². The zero-order valence-corrected chi connectivity index (χ0v) is 13.3. The Morgan fingerprint density at radius 1 is 1.05 bits per heavy atom. The third-order valence-corrected chi connectivity index (χ3v) is 4.34. The summed E-state index contributed by atoms with van der Waals surface area (Å²) in [5.41, 5.74) is 5.45. The van der Waals surface area contributed by atoms with E-state index in [2.05, 4.69) is 67.6 Å². The average Bonchev–Trinajstić information content (AvgIpc) is 2.88. The van der Waals surface area contributed by atoms with Gasteiger partial charge in [0.1, 0.15) is 5.65 Å². The molecule has 0 saturated carbocycles. The fraction of sp³-hybridized carbons (Fsp3) is 0.188. The molecule has 0 atom stereocenters. The topological polar surface area (TPSA) is 20.5 Å². The molecule has 2 heterocycles. The number of aryl methyl sites for hydroxylation is 1. The molecule has 102 valence electrons. The van der Waals surface area contributed by atoms with Crippen molar-refractivity contribution in [3.05, 3.63) is 52.8 Å². The van der Waals surface area contributed by atoms with E-state index in [1.165, 1.54) is 5.69 Å². The molecule has 0 saturated heterocycles. The number of hydrogen-bond donors (Lipinski definition) is 0. The Kier molecular flexibility index (Phi) is 3.26. The normalized spacial score (nSPS) is 11.0. The van der Waals surface area contributed by atoms with Crippen molar-refractivity contribution >= 4 is 27.3 Å². The Morgan fingerprint density at radius 2 is 1.75 bits per heavy atom. The van der Waals surface area contributed by atoms with Crippen LogP contribution in [0.4, 0.5) is 5.69 Å². The monoisotopic (exact) mass is 329 g/mol. The molecule has 0 bridgehead atoms. The smallest absolute Gasteiger partial charge is 0.137 e. The number of rotatable bonds is 2. The first-order chi connectivity index (χ1) is 9.56. The minimum Gasteiger partial charge on any atom is -0.378 e. The van der Waals surface area contributed by atoms with Gasteiger partial charge in [-0.2, -0.15) is 0 Å². The van der Waals surface area contributed by atoms with Gasteiger partial charge in [0.15, 0.2) is 0 Å². The van der Waals surface area contributed by atoms with Gasteiger partial charge in [0, 0.05) is 41.7 Å². The van der Waals surface area contributed by atoms with E-state index in [1.54, 1.807) is 0 Å². The van der Waals surface area contributed by atoms with Crippen LogP contribution in [0.15, 0.2) is 47.1 Å². The number of imidazole rings is 1. The highest BCUT2D eigenvalue weighted by Crippen LogP contribution is 2.25. The molecule has 1 aromatic carbocycles. The van der Waals surface area contributed by atoms with Gasteiger partial charge in [-0.05, 0) is 47.1 Å². The molecule has 0 fully saturated rings. The van der Waals surface area contributed by atoms with E-state index in [0.29, 0.717) is 0 Å². The van der Waals surface area contributed by atoms with Crippen LogP contribution in [-0.4, -0.2) is 23.5 Å². The van der Waals surface area contributed by atoms with Crippen molar-refractivity contribution in [3.8, 4) is 11.3 Å². The molecule has 0 radical (unpaired) electrons. The summed E-state index contributed by atoms with van der Waals surface area (Å²) >= 11 is 3.55. The average molecular weight is 330 g/mol. The van der Waals surface area contributed by atoms with Crippen molar-refractivity contribution < 1.29 is 0 Å². The Bertz CT molecular complexity index is 757. The molecule has 3 aromatic rings. The molecule has 3 rings (SSSR count). The summed E-state index contributed by atoms with van der Waals surface area (Å²) in [6.45, 7) is 2.08. The molecule has 0 aliphatic carbocycles. The summed E-state index contributed by atoms with van der Waals surface area (Å²) in [6, 6.07) is 12.5. The molecular weight excluding hydrogens is 314 g/mol. The predicted molar refractivity (Wildman–Crippen MR) is 87.4 cm³/mol. The third kappa shape index (κ3) is 2.20. The summed E-state index contributed by atoms with van der Waals surface area (Å²) in [7, 11) is 4.08. The number of nitrogens with zero attached hydrogens (tertiary/aromatic N) is 3. The lowest BCUT2D eigenvalue weighted by atomic mass is 10.1. The molecule has 0 aliphatic rings. The van der Waals surface area contributed by atoms with Crippen LogP contribution in [0.1, 0.15) is 5.69 Å². The fourth-order valence-corrected chi connectivity index (χ4v) is 2.56. The Labute approximate surface area is 127 Å². The molecule has 0 unspecified atom stereocenters. The number of halogens is 1. The summed E-state index contributed by atoms with van der Waals surface area (Å²) in [5, 5.41) is 0. The number of pyridine rings is 1. The predicted octanol–water partition coefficient (Wildman–Crippen LogP) is 4.14. The SMILES string of the molecule is Cc1c(Br)ccc2nc(-c3ccc(N(C)C)cc3)cn12. The number of aromatic nitrogens is 2. The van der Waals surface area contributed by atoms with Gasteiger partial charge < -0.3 is 9.30 Å². The molecule has 2 aromatic heterocycles. The minimum atomic E-state index is 0.970. The highest BCUT2D eigenvalue weighted by Gasteiger charge is 2.07. The van der Waals surface area contributed by atoms with Crippen LogP contribution < -0.4 is 4.90 Å². The summed E-state index contributed by atoms with van der Waals surface area (Å²) < 4.78 is 3.20. The van der Waals surface area contributed by atoms with Crippen molar-refractivity contribution in [1.29, 1.82) is 0 Å². The molecule has 3 nitrogen and oxygen atoms in total. The van der Waals surface area contributed by atoms with E-state index < -0.39 is 0 Å². The van der Waals surface area contributed by atoms with Crippen LogP contribution in [0.5, 0.6) is 0 Å². The lowest BCUT2D eigenvalue weighted by molar-refractivity contribution is 1.08. The first kappa shape index (κ1) is 13.2. The maximum Gasteiger partial charge on any atom is 0.137 e. The van der Waals surface area contributed by atoms with Crippen molar-refractivity contribution in [1.82, 2.24) is 9.38 Å². The van der Waals surface area contributed by atoms with E-state index >= 15 is 0 Å². The zero-order chi connectivity index (χ0) is 14.3.